The Labute approximate surface area is 137 Å². The molecule has 0 amide bonds. The van der Waals surface area contributed by atoms with Crippen LogP contribution in [0, 0.1) is 11.5 Å². The summed E-state index contributed by atoms with van der Waals surface area (Å²) in [6.45, 7) is 16.6. The molecule has 1 aromatic rings. The third kappa shape index (κ3) is 4.03. The van der Waals surface area contributed by atoms with Crippen LogP contribution in [0.25, 0.3) is 0 Å². The smallest absolute Gasteiger partial charge is 0.129 e. The fraction of sp³-hybridized carbons (Fsp3) is 0.600. The van der Waals surface area contributed by atoms with Gasteiger partial charge in [-0.3, -0.25) is 0 Å². The van der Waals surface area contributed by atoms with Crippen molar-refractivity contribution in [3.8, 4) is 11.5 Å². The first kappa shape index (κ1) is 17.3. The van der Waals surface area contributed by atoms with Crippen molar-refractivity contribution in [2.45, 2.75) is 71.2 Å². The van der Waals surface area contributed by atoms with Crippen LogP contribution in [-0.4, -0.2) is 14.7 Å². The summed E-state index contributed by atoms with van der Waals surface area (Å²) >= 11 is 0. The van der Waals surface area contributed by atoms with Crippen LogP contribution in [0.1, 0.15) is 57.2 Å². The molecule has 1 aromatic carbocycles. The highest BCUT2D eigenvalue weighted by atomic mass is 28.3. The molecule has 0 bridgehead atoms. The lowest BCUT2D eigenvalue weighted by atomic mass is 9.80. The second kappa shape index (κ2) is 5.87. The van der Waals surface area contributed by atoms with E-state index >= 15 is 0 Å². The second-order valence-corrected chi connectivity index (χ2v) is 13.2. The van der Waals surface area contributed by atoms with Crippen molar-refractivity contribution in [3.05, 3.63) is 34.9 Å². The minimum atomic E-state index is -1.34. The molecule has 1 aliphatic rings. The molecule has 120 valence electrons. The Bertz CT molecular complexity index is 601. The summed E-state index contributed by atoms with van der Waals surface area (Å²) in [5.74, 6) is 3.40. The summed E-state index contributed by atoms with van der Waals surface area (Å²) in [5.41, 5.74) is 7.46. The summed E-state index contributed by atoms with van der Waals surface area (Å²) in [6.07, 6.45) is 2.29. The van der Waals surface area contributed by atoms with E-state index in [2.05, 4.69) is 77.0 Å². The van der Waals surface area contributed by atoms with E-state index in [0.717, 1.165) is 25.0 Å². The van der Waals surface area contributed by atoms with E-state index < -0.39 is 8.07 Å². The molecule has 0 N–H and O–H groups in total. The fourth-order valence-electron chi connectivity index (χ4n) is 2.78. The van der Waals surface area contributed by atoms with Crippen molar-refractivity contribution in [2.24, 2.45) is 0 Å². The maximum absolute atomic E-state index is 6.09. The molecule has 1 aliphatic carbocycles. The highest BCUT2D eigenvalue weighted by Gasteiger charge is 2.47. The monoisotopic (exact) mass is 314 g/mol. The van der Waals surface area contributed by atoms with Gasteiger partial charge in [-0.1, -0.05) is 52.4 Å². The maximum atomic E-state index is 6.09. The molecule has 2 heteroatoms. The van der Waals surface area contributed by atoms with E-state index in [0.29, 0.717) is 0 Å². The minimum absolute atomic E-state index is 0.0257. The Balaban J connectivity index is 2.46. The summed E-state index contributed by atoms with van der Waals surface area (Å²) in [6, 6.07) is 6.73. The molecular formula is C20H30OSi. The van der Waals surface area contributed by atoms with Crippen molar-refractivity contribution < 1.29 is 4.74 Å². The van der Waals surface area contributed by atoms with Crippen LogP contribution in [-0.2, 0) is 15.8 Å². The molecule has 0 saturated heterocycles. The maximum Gasteiger partial charge on any atom is 0.129 e. The van der Waals surface area contributed by atoms with Crippen LogP contribution in [0.5, 0.6) is 0 Å². The van der Waals surface area contributed by atoms with E-state index in [-0.39, 0.29) is 11.0 Å². The zero-order chi connectivity index (χ0) is 16.6. The molecule has 0 atom stereocenters. The van der Waals surface area contributed by atoms with Gasteiger partial charge in [0.25, 0.3) is 0 Å². The van der Waals surface area contributed by atoms with Crippen LogP contribution in [0.4, 0.5) is 0 Å². The van der Waals surface area contributed by atoms with Crippen LogP contribution >= 0.6 is 0 Å². The van der Waals surface area contributed by atoms with Gasteiger partial charge in [0, 0.05) is 12.2 Å². The van der Waals surface area contributed by atoms with Gasteiger partial charge in [-0.05, 0) is 48.4 Å². The molecule has 1 saturated carbocycles. The summed E-state index contributed by atoms with van der Waals surface area (Å²) in [4.78, 5) is 0. The summed E-state index contributed by atoms with van der Waals surface area (Å²) in [7, 11) is -1.34. The van der Waals surface area contributed by atoms with Crippen molar-refractivity contribution in [3.63, 3.8) is 0 Å². The number of ether oxygens (including phenoxy) is 1. The second-order valence-electron chi connectivity index (χ2n) is 8.44. The third-order valence-corrected chi connectivity index (χ3v) is 4.90. The Kier molecular flexibility index (Phi) is 4.62. The lowest BCUT2D eigenvalue weighted by Gasteiger charge is -2.28. The molecule has 0 heterocycles. The molecule has 1 fully saturated rings. The van der Waals surface area contributed by atoms with Gasteiger partial charge in [0.15, 0.2) is 0 Å². The van der Waals surface area contributed by atoms with Crippen molar-refractivity contribution in [1.29, 1.82) is 0 Å². The molecule has 1 nitrogen and oxygen atoms in total. The lowest BCUT2D eigenvalue weighted by Crippen LogP contribution is -2.21. The van der Waals surface area contributed by atoms with Crippen LogP contribution < -0.4 is 0 Å². The van der Waals surface area contributed by atoms with Gasteiger partial charge in [0.05, 0.1) is 5.60 Å². The van der Waals surface area contributed by atoms with E-state index in [1.807, 2.05) is 0 Å². The van der Waals surface area contributed by atoms with E-state index in [1.54, 1.807) is 0 Å². The van der Waals surface area contributed by atoms with Crippen LogP contribution in [0.2, 0.25) is 19.6 Å². The lowest BCUT2D eigenvalue weighted by molar-refractivity contribution is 0.0383. The minimum Gasteiger partial charge on any atom is -0.371 e. The number of hydrogen-bond acceptors (Lipinski definition) is 1. The highest BCUT2D eigenvalue weighted by Crippen LogP contribution is 2.52. The van der Waals surface area contributed by atoms with Gasteiger partial charge in [0.1, 0.15) is 8.07 Å². The molecule has 0 radical (unpaired) electrons. The zero-order valence-corrected chi connectivity index (χ0v) is 16.3. The third-order valence-electron chi connectivity index (χ3n) is 4.03. The average Bonchev–Trinajstić information content (AvgIpc) is 3.15. The number of hydrogen-bond donors (Lipinski definition) is 0. The van der Waals surface area contributed by atoms with E-state index in [4.69, 9.17) is 4.74 Å². The van der Waals surface area contributed by atoms with Crippen LogP contribution in [0.3, 0.4) is 0 Å². The van der Waals surface area contributed by atoms with Crippen molar-refractivity contribution in [1.82, 2.24) is 0 Å². The van der Waals surface area contributed by atoms with E-state index in [1.165, 1.54) is 11.1 Å². The summed E-state index contributed by atoms with van der Waals surface area (Å²) in [5, 5.41) is 0. The molecule has 0 aliphatic heterocycles. The van der Waals surface area contributed by atoms with Gasteiger partial charge in [0.2, 0.25) is 0 Å². The summed E-state index contributed by atoms with van der Waals surface area (Å²) < 4.78 is 6.09. The van der Waals surface area contributed by atoms with Crippen molar-refractivity contribution >= 4 is 8.07 Å². The molecular weight excluding hydrogens is 284 g/mol. The first-order valence-electron chi connectivity index (χ1n) is 8.40. The Hall–Kier alpha value is -1.04. The normalized spacial score (nSPS) is 16.9. The topological polar surface area (TPSA) is 9.23 Å². The largest absolute Gasteiger partial charge is 0.371 e. The predicted molar refractivity (Wildman–Crippen MR) is 97.9 cm³/mol. The molecule has 0 spiro atoms. The Morgan fingerprint density at radius 3 is 2.27 bits per heavy atom. The first-order chi connectivity index (χ1) is 10.1. The first-order valence-corrected chi connectivity index (χ1v) is 11.9. The van der Waals surface area contributed by atoms with Gasteiger partial charge in [-0.15, -0.1) is 5.54 Å². The standard InChI is InChI=1S/C20H30OSi/c1-8-21-20(12-13-20)17-10-9-16(11-14-22(5,6)7)15-18(17)19(2,3)4/h9-10,15H,8,12-13H2,1-7H3. The van der Waals surface area contributed by atoms with E-state index in [9.17, 15) is 0 Å². The molecule has 0 unspecified atom stereocenters. The Morgan fingerprint density at radius 1 is 1.18 bits per heavy atom. The van der Waals surface area contributed by atoms with Gasteiger partial charge in [-0.25, -0.2) is 0 Å². The van der Waals surface area contributed by atoms with Gasteiger partial charge >= 0.3 is 0 Å². The van der Waals surface area contributed by atoms with Crippen LogP contribution in [0.15, 0.2) is 18.2 Å². The van der Waals surface area contributed by atoms with Crippen molar-refractivity contribution in [2.75, 3.05) is 6.61 Å². The quantitative estimate of drug-likeness (QED) is 0.548. The molecule has 2 rings (SSSR count). The van der Waals surface area contributed by atoms with Gasteiger partial charge < -0.3 is 4.74 Å². The predicted octanol–water partition coefficient (Wildman–Crippen LogP) is 5.24. The molecule has 22 heavy (non-hydrogen) atoms. The Morgan fingerprint density at radius 2 is 1.82 bits per heavy atom. The number of rotatable bonds is 3. The SMILES string of the molecule is CCOC1(c2ccc(C#C[Si](C)(C)C)cc2C(C)(C)C)CC1. The molecule has 0 aromatic heterocycles. The zero-order valence-electron chi connectivity index (χ0n) is 15.3. The highest BCUT2D eigenvalue weighted by molar-refractivity contribution is 6.83. The van der Waals surface area contributed by atoms with Gasteiger partial charge in [-0.2, -0.15) is 0 Å². The number of benzene rings is 1. The average molecular weight is 315 g/mol. The fourth-order valence-corrected chi connectivity index (χ4v) is 3.30.